The largest absolute Gasteiger partial charge is 0.335 e. The number of likely N-dealkylation sites (tertiary alicyclic amines) is 1. The average molecular weight is 267 g/mol. The number of nitrogens with two attached hydrogens (primary N) is 1. The number of carbonyl (C=O) groups is 1. The van der Waals surface area contributed by atoms with Gasteiger partial charge in [-0.1, -0.05) is 0 Å². The van der Waals surface area contributed by atoms with Gasteiger partial charge in [0.15, 0.2) is 11.6 Å². The van der Waals surface area contributed by atoms with E-state index in [9.17, 15) is 13.6 Å². The summed E-state index contributed by atoms with van der Waals surface area (Å²) in [7, 11) is 0. The number of hydrazine groups is 1. The minimum absolute atomic E-state index is 0.0431. The molecule has 3 N–H and O–H groups in total. The minimum Gasteiger partial charge on any atom is -0.335 e. The summed E-state index contributed by atoms with van der Waals surface area (Å²) < 4.78 is 27.2. The van der Waals surface area contributed by atoms with Crippen LogP contribution in [0.5, 0.6) is 0 Å². The SMILES string of the molecule is NNc1c(F)cc(C(=O)N2CC3CCC2C3)cc1F. The van der Waals surface area contributed by atoms with Gasteiger partial charge >= 0.3 is 0 Å². The Hall–Kier alpha value is -1.69. The third kappa shape index (κ3) is 1.96. The molecule has 1 saturated carbocycles. The second-order valence-corrected chi connectivity index (χ2v) is 5.25. The molecule has 1 aromatic carbocycles. The van der Waals surface area contributed by atoms with Crippen molar-refractivity contribution in [2.45, 2.75) is 25.3 Å². The monoisotopic (exact) mass is 267 g/mol. The van der Waals surface area contributed by atoms with Crippen LogP contribution in [0.1, 0.15) is 29.6 Å². The fourth-order valence-electron chi connectivity index (χ4n) is 3.17. The van der Waals surface area contributed by atoms with Crippen molar-refractivity contribution in [2.24, 2.45) is 11.8 Å². The molecule has 102 valence electrons. The summed E-state index contributed by atoms with van der Waals surface area (Å²) in [5.74, 6) is 3.57. The molecule has 19 heavy (non-hydrogen) atoms. The van der Waals surface area contributed by atoms with Gasteiger partial charge in [-0.25, -0.2) is 8.78 Å². The number of nitrogens with one attached hydrogen (secondary N) is 1. The molecule has 6 heteroatoms. The molecule has 1 aromatic rings. The Morgan fingerprint density at radius 2 is 2.00 bits per heavy atom. The highest BCUT2D eigenvalue weighted by molar-refractivity contribution is 5.95. The maximum absolute atomic E-state index is 13.6. The van der Waals surface area contributed by atoms with Crippen molar-refractivity contribution >= 4 is 11.6 Å². The predicted octanol–water partition coefficient (Wildman–Crippen LogP) is 1.87. The molecule has 2 unspecified atom stereocenters. The highest BCUT2D eigenvalue weighted by atomic mass is 19.1. The standard InChI is InChI=1S/C13H15F2N3O/c14-10-4-8(5-11(15)12(10)17-16)13(19)18-6-7-1-2-9(18)3-7/h4-5,7,9,17H,1-3,6,16H2. The van der Waals surface area contributed by atoms with Crippen LogP contribution < -0.4 is 11.3 Å². The maximum atomic E-state index is 13.6. The molecule has 2 fully saturated rings. The zero-order chi connectivity index (χ0) is 13.6. The van der Waals surface area contributed by atoms with Gasteiger partial charge in [-0.15, -0.1) is 0 Å². The molecule has 3 rings (SSSR count). The predicted molar refractivity (Wildman–Crippen MR) is 66.3 cm³/mol. The number of nitrogens with zero attached hydrogens (tertiary/aromatic N) is 1. The Kier molecular flexibility index (Phi) is 2.89. The Morgan fingerprint density at radius 1 is 1.32 bits per heavy atom. The van der Waals surface area contributed by atoms with E-state index in [0.29, 0.717) is 12.5 Å². The topological polar surface area (TPSA) is 58.4 Å². The van der Waals surface area contributed by atoms with E-state index in [4.69, 9.17) is 5.84 Å². The summed E-state index contributed by atoms with van der Waals surface area (Å²) in [6, 6.07) is 2.30. The Morgan fingerprint density at radius 3 is 2.47 bits per heavy atom. The van der Waals surface area contributed by atoms with E-state index in [2.05, 4.69) is 0 Å². The van der Waals surface area contributed by atoms with Crippen LogP contribution in [0.4, 0.5) is 14.5 Å². The molecule has 1 aliphatic carbocycles. The number of fused-ring (bicyclic) bond motifs is 2. The van der Waals surface area contributed by atoms with Gasteiger partial charge in [-0.05, 0) is 37.3 Å². The van der Waals surface area contributed by atoms with Crippen molar-refractivity contribution in [3.8, 4) is 0 Å². The zero-order valence-corrected chi connectivity index (χ0v) is 10.3. The summed E-state index contributed by atoms with van der Waals surface area (Å²) in [6.07, 6.45) is 3.15. The van der Waals surface area contributed by atoms with Gasteiger partial charge in [0.1, 0.15) is 5.69 Å². The number of hydrogen-bond acceptors (Lipinski definition) is 3. The lowest BCUT2D eigenvalue weighted by Gasteiger charge is -2.27. The maximum Gasteiger partial charge on any atom is 0.254 e. The molecule has 1 aliphatic heterocycles. The van der Waals surface area contributed by atoms with E-state index >= 15 is 0 Å². The first kappa shape index (κ1) is 12.3. The van der Waals surface area contributed by atoms with Crippen molar-refractivity contribution < 1.29 is 13.6 Å². The van der Waals surface area contributed by atoms with Crippen LogP contribution in [0.15, 0.2) is 12.1 Å². The van der Waals surface area contributed by atoms with Crippen molar-refractivity contribution in [2.75, 3.05) is 12.0 Å². The third-order valence-electron chi connectivity index (χ3n) is 4.10. The van der Waals surface area contributed by atoms with E-state index in [0.717, 1.165) is 31.4 Å². The molecule has 2 aliphatic rings. The van der Waals surface area contributed by atoms with Gasteiger partial charge in [0.05, 0.1) is 0 Å². The van der Waals surface area contributed by atoms with Gasteiger partial charge in [0.25, 0.3) is 5.91 Å². The fraction of sp³-hybridized carbons (Fsp3) is 0.462. The number of amides is 1. The number of anilines is 1. The van der Waals surface area contributed by atoms with Crippen molar-refractivity contribution in [1.82, 2.24) is 4.90 Å². The summed E-state index contributed by atoms with van der Waals surface area (Å²) in [4.78, 5) is 14.0. The second-order valence-electron chi connectivity index (χ2n) is 5.25. The highest BCUT2D eigenvalue weighted by Gasteiger charge is 2.40. The first-order chi connectivity index (χ1) is 9.10. The van der Waals surface area contributed by atoms with Crippen LogP contribution in [-0.4, -0.2) is 23.4 Å². The quantitative estimate of drug-likeness (QED) is 0.635. The van der Waals surface area contributed by atoms with E-state index in [1.807, 2.05) is 5.43 Å². The van der Waals surface area contributed by atoms with E-state index in [1.54, 1.807) is 4.90 Å². The number of rotatable bonds is 2. The lowest BCUT2D eigenvalue weighted by atomic mass is 10.1. The number of benzene rings is 1. The molecule has 4 nitrogen and oxygen atoms in total. The van der Waals surface area contributed by atoms with Crippen LogP contribution in [0.25, 0.3) is 0 Å². The van der Waals surface area contributed by atoms with Crippen molar-refractivity contribution in [3.05, 3.63) is 29.3 Å². The number of hydrogen-bond donors (Lipinski definition) is 2. The average Bonchev–Trinajstić information content (AvgIpc) is 2.99. The summed E-state index contributed by atoms with van der Waals surface area (Å²) >= 11 is 0. The molecule has 2 atom stereocenters. The molecular weight excluding hydrogens is 252 g/mol. The molecule has 2 bridgehead atoms. The minimum atomic E-state index is -0.852. The second kappa shape index (κ2) is 4.45. The molecule has 1 amide bonds. The number of halogens is 2. The normalized spacial score (nSPS) is 24.9. The first-order valence-corrected chi connectivity index (χ1v) is 6.36. The van der Waals surface area contributed by atoms with Crippen LogP contribution in [0.2, 0.25) is 0 Å². The fourth-order valence-corrected chi connectivity index (χ4v) is 3.17. The summed E-state index contributed by atoms with van der Waals surface area (Å²) in [5, 5.41) is 0. The molecule has 0 aromatic heterocycles. The van der Waals surface area contributed by atoms with Crippen LogP contribution >= 0.6 is 0 Å². The van der Waals surface area contributed by atoms with E-state index in [-0.39, 0.29) is 17.5 Å². The van der Waals surface area contributed by atoms with Crippen molar-refractivity contribution in [1.29, 1.82) is 0 Å². The summed E-state index contributed by atoms with van der Waals surface area (Å²) in [5.41, 5.74) is 1.58. The van der Waals surface area contributed by atoms with Gasteiger partial charge in [0.2, 0.25) is 0 Å². The molecule has 0 radical (unpaired) electrons. The number of nitrogen functional groups attached to an aromatic ring is 1. The van der Waals surface area contributed by atoms with Crippen LogP contribution in [0, 0.1) is 17.6 Å². The smallest absolute Gasteiger partial charge is 0.254 e. The Labute approximate surface area is 109 Å². The van der Waals surface area contributed by atoms with Gasteiger partial charge in [0, 0.05) is 18.2 Å². The number of piperidine rings is 1. The number of carbonyl (C=O) groups excluding carboxylic acids is 1. The van der Waals surface area contributed by atoms with Crippen LogP contribution in [-0.2, 0) is 0 Å². The first-order valence-electron chi connectivity index (χ1n) is 6.36. The zero-order valence-electron chi connectivity index (χ0n) is 10.3. The molecule has 1 heterocycles. The van der Waals surface area contributed by atoms with Crippen molar-refractivity contribution in [3.63, 3.8) is 0 Å². The lowest BCUT2D eigenvalue weighted by molar-refractivity contribution is 0.0702. The van der Waals surface area contributed by atoms with Crippen LogP contribution in [0.3, 0.4) is 0 Å². The molecule has 0 spiro atoms. The van der Waals surface area contributed by atoms with Gasteiger partial charge < -0.3 is 10.3 Å². The summed E-state index contributed by atoms with van der Waals surface area (Å²) in [6.45, 7) is 0.698. The third-order valence-corrected chi connectivity index (χ3v) is 4.10. The van der Waals surface area contributed by atoms with Gasteiger partial charge in [-0.2, -0.15) is 0 Å². The Balaban J connectivity index is 1.88. The highest BCUT2D eigenvalue weighted by Crippen LogP contribution is 2.38. The van der Waals surface area contributed by atoms with E-state index < -0.39 is 17.3 Å². The lowest BCUT2D eigenvalue weighted by Crippen LogP contribution is -2.37. The van der Waals surface area contributed by atoms with E-state index in [1.165, 1.54) is 0 Å². The van der Waals surface area contributed by atoms with Gasteiger partial charge in [-0.3, -0.25) is 10.6 Å². The molecular formula is C13H15F2N3O. The molecule has 1 saturated heterocycles. The Bertz CT molecular complexity index is 512.